The van der Waals surface area contributed by atoms with Crippen LogP contribution in [-0.4, -0.2) is 60.2 Å². The third-order valence-electron chi connectivity index (χ3n) is 2.99. The summed E-state index contributed by atoms with van der Waals surface area (Å²) in [4.78, 5) is 15.0. The first-order valence-electron chi connectivity index (χ1n) is 5.49. The Morgan fingerprint density at radius 3 is 2.83 bits per heavy atom. The molecule has 1 aliphatic rings. The summed E-state index contributed by atoms with van der Waals surface area (Å²) >= 11 is 0. The number of aliphatic hydroxyl groups is 3. The van der Waals surface area contributed by atoms with E-state index >= 15 is 0 Å². The van der Waals surface area contributed by atoms with Crippen LogP contribution in [0.2, 0.25) is 0 Å². The zero-order valence-corrected chi connectivity index (χ0v) is 9.26. The van der Waals surface area contributed by atoms with Crippen LogP contribution in [0, 0.1) is 0 Å². The van der Waals surface area contributed by atoms with Crippen molar-refractivity contribution in [3.63, 3.8) is 0 Å². The number of nitrogens with one attached hydrogen (secondary N) is 1. The van der Waals surface area contributed by atoms with E-state index in [0.29, 0.717) is 11.2 Å². The Bertz CT molecular complexity index is 560. The summed E-state index contributed by atoms with van der Waals surface area (Å²) in [6.07, 6.45) is -1.00. The number of fused-ring (bicyclic) bond motifs is 1. The molecular weight excluding hydrogens is 240 g/mol. The van der Waals surface area contributed by atoms with Crippen molar-refractivity contribution in [1.29, 1.82) is 0 Å². The summed E-state index contributed by atoms with van der Waals surface area (Å²) < 4.78 is 5.33. The second-order valence-electron chi connectivity index (χ2n) is 4.13. The van der Waals surface area contributed by atoms with Gasteiger partial charge in [0.25, 0.3) is 0 Å². The largest absolute Gasteiger partial charge is 0.394 e. The topological polar surface area (TPSA) is 124 Å². The fourth-order valence-electron chi connectivity index (χ4n) is 2.00. The maximum Gasteiger partial charge on any atom is 0.180 e. The van der Waals surface area contributed by atoms with Gasteiger partial charge in [-0.3, -0.25) is 0 Å². The molecule has 2 aromatic heterocycles. The van der Waals surface area contributed by atoms with Gasteiger partial charge in [-0.05, 0) is 0 Å². The Morgan fingerprint density at radius 1 is 1.28 bits per heavy atom. The molecule has 0 amide bonds. The maximum absolute atomic E-state index is 9.84. The smallest absolute Gasteiger partial charge is 0.180 e. The monoisotopic (exact) mass is 252 g/mol. The molecule has 0 bridgehead atoms. The van der Waals surface area contributed by atoms with Gasteiger partial charge in [0, 0.05) is 0 Å². The number of ether oxygens (including phenoxy) is 1. The number of nitrogens with zero attached hydrogens (tertiary/aromatic N) is 3. The zero-order valence-electron chi connectivity index (χ0n) is 9.26. The second-order valence-corrected chi connectivity index (χ2v) is 4.13. The molecule has 0 spiro atoms. The van der Waals surface area contributed by atoms with Crippen molar-refractivity contribution in [1.82, 2.24) is 19.9 Å². The fourth-order valence-corrected chi connectivity index (χ4v) is 2.00. The van der Waals surface area contributed by atoms with E-state index in [4.69, 9.17) is 9.84 Å². The van der Waals surface area contributed by atoms with Crippen molar-refractivity contribution >= 4 is 11.2 Å². The van der Waals surface area contributed by atoms with Crippen LogP contribution in [0.5, 0.6) is 0 Å². The number of hydrogen-bond donors (Lipinski definition) is 4. The highest BCUT2D eigenvalue weighted by atomic mass is 16.6. The zero-order chi connectivity index (χ0) is 12.7. The Hall–Kier alpha value is -1.61. The molecule has 1 aliphatic heterocycles. The first kappa shape index (κ1) is 11.5. The number of hydrogen-bond acceptors (Lipinski definition) is 7. The number of aromatic amines is 1. The fraction of sp³-hybridized carbons (Fsp3) is 0.500. The summed E-state index contributed by atoms with van der Waals surface area (Å²) in [5.41, 5.74) is 1.13. The summed E-state index contributed by atoms with van der Waals surface area (Å²) in [6, 6.07) is 0. The van der Waals surface area contributed by atoms with Gasteiger partial charge in [-0.1, -0.05) is 0 Å². The van der Waals surface area contributed by atoms with E-state index in [1.807, 2.05) is 0 Å². The molecule has 4 unspecified atom stereocenters. The summed E-state index contributed by atoms with van der Waals surface area (Å²) in [5, 5.41) is 28.5. The molecule has 1 saturated heterocycles. The molecule has 8 nitrogen and oxygen atoms in total. The van der Waals surface area contributed by atoms with E-state index in [1.165, 1.54) is 12.5 Å². The molecule has 4 atom stereocenters. The minimum absolute atomic E-state index is 0.233. The summed E-state index contributed by atoms with van der Waals surface area (Å²) in [7, 11) is 0. The molecule has 3 heterocycles. The minimum Gasteiger partial charge on any atom is -0.394 e. The molecule has 96 valence electrons. The second kappa shape index (κ2) is 4.25. The minimum atomic E-state index is -1.17. The van der Waals surface area contributed by atoms with Crippen molar-refractivity contribution in [3.8, 4) is 0 Å². The third kappa shape index (κ3) is 1.66. The molecule has 0 radical (unpaired) electrons. The van der Waals surface area contributed by atoms with Crippen LogP contribution in [0.15, 0.2) is 12.5 Å². The number of H-pyrrole nitrogens is 1. The van der Waals surface area contributed by atoms with Crippen LogP contribution >= 0.6 is 0 Å². The molecule has 0 aromatic carbocycles. The first-order valence-corrected chi connectivity index (χ1v) is 5.49. The van der Waals surface area contributed by atoms with Gasteiger partial charge < -0.3 is 25.0 Å². The van der Waals surface area contributed by atoms with Gasteiger partial charge in [0.05, 0.1) is 19.1 Å². The van der Waals surface area contributed by atoms with Crippen molar-refractivity contribution in [2.45, 2.75) is 24.4 Å². The van der Waals surface area contributed by atoms with E-state index in [-0.39, 0.29) is 12.4 Å². The van der Waals surface area contributed by atoms with Crippen LogP contribution in [0.1, 0.15) is 11.9 Å². The van der Waals surface area contributed by atoms with Gasteiger partial charge in [0.1, 0.15) is 29.9 Å². The lowest BCUT2D eigenvalue weighted by molar-refractivity contribution is -0.0252. The van der Waals surface area contributed by atoms with Gasteiger partial charge >= 0.3 is 0 Å². The van der Waals surface area contributed by atoms with Crippen molar-refractivity contribution in [3.05, 3.63) is 18.3 Å². The molecule has 4 N–H and O–H groups in total. The highest BCUT2D eigenvalue weighted by Gasteiger charge is 2.44. The number of aromatic nitrogens is 4. The number of aliphatic hydroxyl groups excluding tert-OH is 3. The van der Waals surface area contributed by atoms with Crippen LogP contribution in [0.25, 0.3) is 11.2 Å². The lowest BCUT2D eigenvalue weighted by Gasteiger charge is -2.12. The van der Waals surface area contributed by atoms with Gasteiger partial charge in [0.2, 0.25) is 0 Å². The van der Waals surface area contributed by atoms with Crippen molar-refractivity contribution in [2.24, 2.45) is 0 Å². The Labute approximate surface area is 101 Å². The SMILES string of the molecule is OCC1OC(c2ncc3[nH]cnc3n2)C(O)C1O. The summed E-state index contributed by atoms with van der Waals surface area (Å²) in [6.45, 7) is -0.376. The standard InChI is InChI=1S/C10H12N4O4/c15-2-5-6(16)7(17)8(18-5)10-11-1-4-9(14-10)13-3-12-4/h1,3,5-8,15-17H,2H2,(H,11,12,13,14). The number of imidazole rings is 1. The number of rotatable bonds is 2. The van der Waals surface area contributed by atoms with Crippen LogP contribution in [0.3, 0.4) is 0 Å². The Kier molecular flexibility index (Phi) is 2.71. The molecular formula is C10H12N4O4. The van der Waals surface area contributed by atoms with Gasteiger partial charge in [-0.15, -0.1) is 0 Å². The van der Waals surface area contributed by atoms with Crippen LogP contribution < -0.4 is 0 Å². The first-order chi connectivity index (χ1) is 8.70. The average Bonchev–Trinajstić information content (AvgIpc) is 2.95. The Balaban J connectivity index is 1.94. The molecule has 0 saturated carbocycles. The lowest BCUT2D eigenvalue weighted by Crippen LogP contribution is -2.32. The van der Waals surface area contributed by atoms with E-state index in [0.717, 1.165) is 0 Å². The van der Waals surface area contributed by atoms with Crippen molar-refractivity contribution < 1.29 is 20.1 Å². The third-order valence-corrected chi connectivity index (χ3v) is 2.99. The Morgan fingerprint density at radius 2 is 2.11 bits per heavy atom. The normalized spacial score (nSPS) is 32.2. The van der Waals surface area contributed by atoms with E-state index < -0.39 is 24.4 Å². The predicted molar refractivity (Wildman–Crippen MR) is 58.4 cm³/mol. The lowest BCUT2D eigenvalue weighted by atomic mass is 10.1. The van der Waals surface area contributed by atoms with E-state index in [9.17, 15) is 10.2 Å². The molecule has 18 heavy (non-hydrogen) atoms. The maximum atomic E-state index is 9.84. The van der Waals surface area contributed by atoms with Crippen LogP contribution in [0.4, 0.5) is 0 Å². The molecule has 3 rings (SSSR count). The predicted octanol–water partition coefficient (Wildman–Crippen LogP) is -1.49. The molecule has 2 aromatic rings. The summed E-state index contributed by atoms with van der Waals surface area (Å²) in [5.74, 6) is 0.233. The van der Waals surface area contributed by atoms with E-state index in [1.54, 1.807) is 0 Å². The highest BCUT2D eigenvalue weighted by Crippen LogP contribution is 2.31. The molecule has 8 heteroatoms. The van der Waals surface area contributed by atoms with Gasteiger partial charge in [0.15, 0.2) is 11.5 Å². The quantitative estimate of drug-likeness (QED) is 0.513. The van der Waals surface area contributed by atoms with Crippen molar-refractivity contribution in [2.75, 3.05) is 6.61 Å². The van der Waals surface area contributed by atoms with Gasteiger partial charge in [-0.25, -0.2) is 15.0 Å². The molecule has 0 aliphatic carbocycles. The average molecular weight is 252 g/mol. The van der Waals surface area contributed by atoms with E-state index in [2.05, 4.69) is 19.9 Å². The molecule has 1 fully saturated rings. The highest BCUT2D eigenvalue weighted by molar-refractivity contribution is 5.68. The van der Waals surface area contributed by atoms with Crippen LogP contribution in [-0.2, 0) is 4.74 Å². The van der Waals surface area contributed by atoms with Gasteiger partial charge in [-0.2, -0.15) is 0 Å².